The van der Waals surface area contributed by atoms with E-state index in [1.807, 2.05) is 6.92 Å². The summed E-state index contributed by atoms with van der Waals surface area (Å²) in [6.07, 6.45) is 7.76. The van der Waals surface area contributed by atoms with Gasteiger partial charge < -0.3 is 15.7 Å². The van der Waals surface area contributed by atoms with Crippen molar-refractivity contribution < 1.29 is 14.7 Å². The minimum absolute atomic E-state index is 0.0943. The first-order valence-electron chi connectivity index (χ1n) is 5.73. The molecular formula is C12H18N2O3. The van der Waals surface area contributed by atoms with Crippen molar-refractivity contribution in [1.82, 2.24) is 10.6 Å². The fraction of sp³-hybridized carbons (Fsp3) is 0.667. The van der Waals surface area contributed by atoms with E-state index in [0.29, 0.717) is 18.8 Å². The largest absolute Gasteiger partial charge is 0.480 e. The van der Waals surface area contributed by atoms with Crippen molar-refractivity contribution in [3.05, 3.63) is 0 Å². The Hall–Kier alpha value is -1.70. The maximum absolute atomic E-state index is 11.5. The Labute approximate surface area is 101 Å². The van der Waals surface area contributed by atoms with Gasteiger partial charge in [0, 0.05) is 0 Å². The average molecular weight is 238 g/mol. The van der Waals surface area contributed by atoms with Gasteiger partial charge in [-0.15, -0.1) is 6.42 Å². The SMILES string of the molecule is C#CCNC(=O)NC1(C(=O)O)CCCC(C)C1. The van der Waals surface area contributed by atoms with Crippen molar-refractivity contribution in [2.75, 3.05) is 6.54 Å². The van der Waals surface area contributed by atoms with Crippen LogP contribution in [0.2, 0.25) is 0 Å². The van der Waals surface area contributed by atoms with Gasteiger partial charge in [0.05, 0.1) is 6.54 Å². The molecule has 1 aliphatic rings. The Balaban J connectivity index is 2.69. The van der Waals surface area contributed by atoms with E-state index in [1.54, 1.807) is 0 Å². The van der Waals surface area contributed by atoms with Gasteiger partial charge >= 0.3 is 12.0 Å². The van der Waals surface area contributed by atoms with Crippen LogP contribution in [0.1, 0.15) is 32.6 Å². The van der Waals surface area contributed by atoms with Crippen molar-refractivity contribution in [3.63, 3.8) is 0 Å². The average Bonchev–Trinajstić information content (AvgIpc) is 2.26. The highest BCUT2D eigenvalue weighted by atomic mass is 16.4. The molecule has 0 spiro atoms. The number of carboxylic acid groups (broad SMARTS) is 1. The molecule has 3 N–H and O–H groups in total. The van der Waals surface area contributed by atoms with Gasteiger partial charge in [0.15, 0.2) is 0 Å². The first-order valence-corrected chi connectivity index (χ1v) is 5.73. The molecule has 5 heteroatoms. The number of terminal acetylenes is 1. The van der Waals surface area contributed by atoms with Crippen molar-refractivity contribution in [3.8, 4) is 12.3 Å². The van der Waals surface area contributed by atoms with Gasteiger partial charge in [-0.1, -0.05) is 25.7 Å². The molecule has 2 unspecified atom stereocenters. The van der Waals surface area contributed by atoms with E-state index >= 15 is 0 Å². The number of carbonyl (C=O) groups excluding carboxylic acids is 1. The second-order valence-corrected chi connectivity index (χ2v) is 4.60. The molecule has 0 saturated heterocycles. The molecule has 2 atom stereocenters. The van der Waals surface area contributed by atoms with E-state index in [2.05, 4.69) is 16.6 Å². The first-order chi connectivity index (χ1) is 8.00. The summed E-state index contributed by atoms with van der Waals surface area (Å²) in [5.74, 6) is 1.59. The number of amides is 2. The van der Waals surface area contributed by atoms with Crippen LogP contribution in [0.3, 0.4) is 0 Å². The number of urea groups is 1. The maximum atomic E-state index is 11.5. The number of aliphatic carboxylic acids is 1. The van der Waals surface area contributed by atoms with Crippen LogP contribution in [0.25, 0.3) is 0 Å². The smallest absolute Gasteiger partial charge is 0.329 e. The van der Waals surface area contributed by atoms with Crippen LogP contribution in [-0.4, -0.2) is 29.2 Å². The fourth-order valence-electron chi connectivity index (χ4n) is 2.31. The van der Waals surface area contributed by atoms with Crippen molar-refractivity contribution >= 4 is 12.0 Å². The normalized spacial score (nSPS) is 27.9. The number of carbonyl (C=O) groups is 2. The summed E-state index contributed by atoms with van der Waals surface area (Å²) in [6.45, 7) is 2.09. The lowest BCUT2D eigenvalue weighted by atomic mass is 9.76. The van der Waals surface area contributed by atoms with Crippen molar-refractivity contribution in [2.45, 2.75) is 38.1 Å². The highest BCUT2D eigenvalue weighted by Gasteiger charge is 2.43. The van der Waals surface area contributed by atoms with E-state index in [4.69, 9.17) is 6.42 Å². The highest BCUT2D eigenvalue weighted by molar-refractivity contribution is 5.86. The van der Waals surface area contributed by atoms with Crippen LogP contribution in [0.4, 0.5) is 4.79 Å². The zero-order valence-corrected chi connectivity index (χ0v) is 9.95. The summed E-state index contributed by atoms with van der Waals surface area (Å²) in [4.78, 5) is 22.9. The van der Waals surface area contributed by atoms with Crippen molar-refractivity contribution in [2.24, 2.45) is 5.92 Å². The third kappa shape index (κ3) is 3.38. The van der Waals surface area contributed by atoms with E-state index in [1.165, 1.54) is 0 Å². The molecule has 0 bridgehead atoms. The molecule has 0 aromatic rings. The molecular weight excluding hydrogens is 220 g/mol. The van der Waals surface area contributed by atoms with Crippen LogP contribution in [-0.2, 0) is 4.79 Å². The Kier molecular flexibility index (Phi) is 4.38. The number of carboxylic acids is 1. The predicted molar refractivity (Wildman–Crippen MR) is 63.4 cm³/mol. The lowest BCUT2D eigenvalue weighted by molar-refractivity contribution is -0.146. The Morgan fingerprint density at radius 2 is 2.29 bits per heavy atom. The number of hydrogen-bond donors (Lipinski definition) is 3. The summed E-state index contributed by atoms with van der Waals surface area (Å²) in [7, 11) is 0. The van der Waals surface area contributed by atoms with Crippen LogP contribution in [0, 0.1) is 18.3 Å². The van der Waals surface area contributed by atoms with Gasteiger partial charge in [0.2, 0.25) is 0 Å². The third-order valence-corrected chi connectivity index (χ3v) is 3.11. The van der Waals surface area contributed by atoms with E-state index in [9.17, 15) is 14.7 Å². The molecule has 0 aromatic carbocycles. The molecule has 0 heterocycles. The van der Waals surface area contributed by atoms with Crippen molar-refractivity contribution in [1.29, 1.82) is 0 Å². The number of rotatable bonds is 3. The molecule has 0 aromatic heterocycles. The van der Waals surface area contributed by atoms with Crippen LogP contribution < -0.4 is 10.6 Å². The molecule has 0 radical (unpaired) electrons. The molecule has 0 aliphatic heterocycles. The molecule has 1 rings (SSSR count). The number of hydrogen-bond acceptors (Lipinski definition) is 2. The maximum Gasteiger partial charge on any atom is 0.329 e. The molecule has 1 saturated carbocycles. The third-order valence-electron chi connectivity index (χ3n) is 3.11. The number of nitrogens with one attached hydrogen (secondary N) is 2. The van der Waals surface area contributed by atoms with Crippen LogP contribution in [0.15, 0.2) is 0 Å². The van der Waals surface area contributed by atoms with E-state index < -0.39 is 17.5 Å². The molecule has 17 heavy (non-hydrogen) atoms. The molecule has 1 fully saturated rings. The minimum Gasteiger partial charge on any atom is -0.480 e. The quantitative estimate of drug-likeness (QED) is 0.641. The van der Waals surface area contributed by atoms with Gasteiger partial charge in [-0.25, -0.2) is 9.59 Å². The van der Waals surface area contributed by atoms with Gasteiger partial charge in [-0.3, -0.25) is 0 Å². The lowest BCUT2D eigenvalue weighted by Crippen LogP contribution is -2.59. The monoisotopic (exact) mass is 238 g/mol. The summed E-state index contributed by atoms with van der Waals surface area (Å²) in [5, 5.41) is 14.3. The van der Waals surface area contributed by atoms with Crippen LogP contribution >= 0.6 is 0 Å². The molecule has 1 aliphatic carbocycles. The topological polar surface area (TPSA) is 78.4 Å². The summed E-state index contributed by atoms with van der Waals surface area (Å²) >= 11 is 0. The zero-order valence-electron chi connectivity index (χ0n) is 9.95. The molecule has 5 nitrogen and oxygen atoms in total. The minimum atomic E-state index is -1.14. The predicted octanol–water partition coefficient (Wildman–Crippen LogP) is 0.952. The Bertz CT molecular complexity index is 348. The molecule has 2 amide bonds. The standard InChI is InChI=1S/C12H18N2O3/c1-3-7-13-11(17)14-12(10(15)16)6-4-5-9(2)8-12/h1,9H,4-8H2,2H3,(H,15,16)(H2,13,14,17). The summed E-state index contributed by atoms with van der Waals surface area (Å²) in [5.41, 5.74) is -1.14. The van der Waals surface area contributed by atoms with Gasteiger partial charge in [-0.2, -0.15) is 0 Å². The first kappa shape index (κ1) is 13.4. The molecule has 94 valence electrons. The van der Waals surface area contributed by atoms with Gasteiger partial charge in [0.25, 0.3) is 0 Å². The lowest BCUT2D eigenvalue weighted by Gasteiger charge is -2.36. The van der Waals surface area contributed by atoms with E-state index in [0.717, 1.165) is 12.8 Å². The fourth-order valence-corrected chi connectivity index (χ4v) is 2.31. The Morgan fingerprint density at radius 3 is 2.82 bits per heavy atom. The summed E-state index contributed by atoms with van der Waals surface area (Å²) < 4.78 is 0. The second-order valence-electron chi connectivity index (χ2n) is 4.60. The summed E-state index contributed by atoms with van der Waals surface area (Å²) in [6, 6.07) is -0.514. The highest BCUT2D eigenvalue weighted by Crippen LogP contribution is 2.32. The zero-order chi connectivity index (χ0) is 12.9. The van der Waals surface area contributed by atoms with Crippen LogP contribution in [0.5, 0.6) is 0 Å². The van der Waals surface area contributed by atoms with Gasteiger partial charge in [0.1, 0.15) is 5.54 Å². The van der Waals surface area contributed by atoms with E-state index in [-0.39, 0.29) is 6.54 Å². The second kappa shape index (κ2) is 5.58. The Morgan fingerprint density at radius 1 is 1.59 bits per heavy atom. The van der Waals surface area contributed by atoms with Gasteiger partial charge in [-0.05, 0) is 18.8 Å².